The molecule has 0 saturated heterocycles. The summed E-state index contributed by atoms with van der Waals surface area (Å²) in [5, 5.41) is 3.76. The van der Waals surface area contributed by atoms with Gasteiger partial charge in [0.2, 0.25) is 0 Å². The van der Waals surface area contributed by atoms with Crippen molar-refractivity contribution >= 4 is 10.8 Å². The predicted molar refractivity (Wildman–Crippen MR) is 76.7 cm³/mol. The molecule has 0 aliphatic heterocycles. The van der Waals surface area contributed by atoms with Crippen LogP contribution in [-0.4, -0.2) is 28.3 Å². The maximum absolute atomic E-state index is 12.4. The standard InChI is InChI=1S/C14H29NOS/c1-5-6-9-17(16)14-10-12(11(2)3)7-8-13(14)15-4/h11-15H,5-10H2,1-4H3. The molecular formula is C14H29NOS. The summed E-state index contributed by atoms with van der Waals surface area (Å²) in [5.41, 5.74) is 0. The summed E-state index contributed by atoms with van der Waals surface area (Å²) in [4.78, 5) is 0. The summed E-state index contributed by atoms with van der Waals surface area (Å²) in [5.74, 6) is 2.40. The summed E-state index contributed by atoms with van der Waals surface area (Å²) in [7, 11) is 1.38. The Labute approximate surface area is 109 Å². The number of hydrogen-bond donors (Lipinski definition) is 1. The van der Waals surface area contributed by atoms with Crippen molar-refractivity contribution in [2.24, 2.45) is 11.8 Å². The first-order valence-electron chi connectivity index (χ1n) is 7.14. The Hall–Kier alpha value is 0.110. The lowest BCUT2D eigenvalue weighted by molar-refractivity contribution is 0.249. The minimum Gasteiger partial charge on any atom is -0.316 e. The van der Waals surface area contributed by atoms with E-state index in [0.29, 0.717) is 11.3 Å². The number of nitrogens with one attached hydrogen (secondary N) is 1. The van der Waals surface area contributed by atoms with Gasteiger partial charge in [-0.1, -0.05) is 27.2 Å². The van der Waals surface area contributed by atoms with Crippen LogP contribution in [0.1, 0.15) is 52.9 Å². The van der Waals surface area contributed by atoms with E-state index < -0.39 is 10.8 Å². The van der Waals surface area contributed by atoms with Gasteiger partial charge in [-0.25, -0.2) is 0 Å². The molecule has 0 amide bonds. The molecule has 1 saturated carbocycles. The van der Waals surface area contributed by atoms with E-state index in [1.165, 1.54) is 12.8 Å². The fourth-order valence-electron chi connectivity index (χ4n) is 2.82. The molecule has 1 aliphatic carbocycles. The van der Waals surface area contributed by atoms with E-state index in [1.807, 2.05) is 7.05 Å². The van der Waals surface area contributed by atoms with E-state index in [0.717, 1.165) is 36.9 Å². The molecule has 0 aromatic heterocycles. The highest BCUT2D eigenvalue weighted by molar-refractivity contribution is 7.85. The second-order valence-electron chi connectivity index (χ2n) is 5.69. The average molecular weight is 259 g/mol. The van der Waals surface area contributed by atoms with E-state index in [1.54, 1.807) is 0 Å². The van der Waals surface area contributed by atoms with Gasteiger partial charge in [0.15, 0.2) is 0 Å². The van der Waals surface area contributed by atoms with E-state index in [9.17, 15) is 4.21 Å². The smallest absolute Gasteiger partial charge is 0.0503 e. The molecular weight excluding hydrogens is 230 g/mol. The number of hydrogen-bond acceptors (Lipinski definition) is 2. The van der Waals surface area contributed by atoms with Crippen LogP contribution in [0.3, 0.4) is 0 Å². The Bertz CT molecular complexity index is 242. The molecule has 1 fully saturated rings. The molecule has 0 spiro atoms. The summed E-state index contributed by atoms with van der Waals surface area (Å²) < 4.78 is 12.4. The molecule has 17 heavy (non-hydrogen) atoms. The van der Waals surface area contributed by atoms with Crippen LogP contribution in [0.2, 0.25) is 0 Å². The fourth-order valence-corrected chi connectivity index (χ4v) is 4.80. The van der Waals surface area contributed by atoms with Gasteiger partial charge in [0, 0.05) is 22.6 Å². The topological polar surface area (TPSA) is 29.1 Å². The highest BCUT2D eigenvalue weighted by Crippen LogP contribution is 2.32. The zero-order chi connectivity index (χ0) is 12.8. The van der Waals surface area contributed by atoms with E-state index >= 15 is 0 Å². The first kappa shape index (κ1) is 15.2. The van der Waals surface area contributed by atoms with Crippen LogP contribution in [0.15, 0.2) is 0 Å². The van der Waals surface area contributed by atoms with Gasteiger partial charge in [-0.3, -0.25) is 4.21 Å². The van der Waals surface area contributed by atoms with Crippen LogP contribution in [0.4, 0.5) is 0 Å². The molecule has 2 nitrogen and oxygen atoms in total. The maximum Gasteiger partial charge on any atom is 0.0503 e. The SMILES string of the molecule is CCCCS(=O)C1CC(C(C)C)CCC1NC. The Morgan fingerprint density at radius 3 is 2.59 bits per heavy atom. The van der Waals surface area contributed by atoms with Crippen molar-refractivity contribution in [3.05, 3.63) is 0 Å². The third-order valence-electron chi connectivity index (χ3n) is 4.18. The molecule has 0 heterocycles. The summed E-state index contributed by atoms with van der Waals surface area (Å²) in [6.07, 6.45) is 5.90. The Balaban J connectivity index is 2.59. The van der Waals surface area contributed by atoms with Crippen molar-refractivity contribution in [2.75, 3.05) is 12.8 Å². The molecule has 0 bridgehead atoms. The van der Waals surface area contributed by atoms with Crippen LogP contribution < -0.4 is 5.32 Å². The van der Waals surface area contributed by atoms with Crippen molar-refractivity contribution in [2.45, 2.75) is 64.2 Å². The first-order chi connectivity index (χ1) is 8.10. The highest BCUT2D eigenvalue weighted by Gasteiger charge is 2.34. The third-order valence-corrected chi connectivity index (χ3v) is 6.07. The van der Waals surface area contributed by atoms with Crippen LogP contribution in [0.25, 0.3) is 0 Å². The molecule has 4 atom stereocenters. The molecule has 102 valence electrons. The number of unbranched alkanes of at least 4 members (excludes halogenated alkanes) is 1. The van der Waals surface area contributed by atoms with Crippen molar-refractivity contribution in [3.8, 4) is 0 Å². The van der Waals surface area contributed by atoms with Crippen LogP contribution in [0, 0.1) is 11.8 Å². The second kappa shape index (κ2) is 7.52. The van der Waals surface area contributed by atoms with Crippen LogP contribution in [0.5, 0.6) is 0 Å². The lowest BCUT2D eigenvalue weighted by Crippen LogP contribution is -2.46. The van der Waals surface area contributed by atoms with Crippen molar-refractivity contribution < 1.29 is 4.21 Å². The van der Waals surface area contributed by atoms with Gasteiger partial charge in [-0.2, -0.15) is 0 Å². The molecule has 0 aromatic rings. The molecule has 3 heteroatoms. The molecule has 0 radical (unpaired) electrons. The molecule has 1 N–H and O–H groups in total. The van der Waals surface area contributed by atoms with E-state index in [4.69, 9.17) is 0 Å². The lowest BCUT2D eigenvalue weighted by Gasteiger charge is -2.37. The van der Waals surface area contributed by atoms with Gasteiger partial charge < -0.3 is 5.32 Å². The second-order valence-corrected chi connectivity index (χ2v) is 7.46. The zero-order valence-electron chi connectivity index (χ0n) is 11.9. The molecule has 0 aromatic carbocycles. The monoisotopic (exact) mass is 259 g/mol. The summed E-state index contributed by atoms with van der Waals surface area (Å²) in [6.45, 7) is 6.78. The Morgan fingerprint density at radius 1 is 1.35 bits per heavy atom. The van der Waals surface area contributed by atoms with Crippen LogP contribution >= 0.6 is 0 Å². The predicted octanol–water partition coefficient (Wildman–Crippen LogP) is 2.95. The quantitative estimate of drug-likeness (QED) is 0.794. The first-order valence-corrected chi connectivity index (χ1v) is 8.52. The van der Waals surface area contributed by atoms with Crippen molar-refractivity contribution in [1.29, 1.82) is 0 Å². The molecule has 1 aliphatic rings. The summed E-state index contributed by atoms with van der Waals surface area (Å²) in [6, 6.07) is 0.475. The minimum absolute atomic E-state index is 0.382. The average Bonchev–Trinajstić information content (AvgIpc) is 2.34. The maximum atomic E-state index is 12.4. The Kier molecular flexibility index (Phi) is 6.71. The summed E-state index contributed by atoms with van der Waals surface area (Å²) >= 11 is 0. The highest BCUT2D eigenvalue weighted by atomic mass is 32.2. The fraction of sp³-hybridized carbons (Fsp3) is 1.00. The van der Waals surface area contributed by atoms with Crippen molar-refractivity contribution in [3.63, 3.8) is 0 Å². The minimum atomic E-state index is -0.636. The van der Waals surface area contributed by atoms with Crippen LogP contribution in [-0.2, 0) is 10.8 Å². The Morgan fingerprint density at radius 2 is 2.06 bits per heavy atom. The van der Waals surface area contributed by atoms with Gasteiger partial charge in [0.1, 0.15) is 0 Å². The van der Waals surface area contributed by atoms with Gasteiger partial charge in [-0.05, 0) is 44.6 Å². The molecule has 4 unspecified atom stereocenters. The molecule has 1 rings (SSSR count). The van der Waals surface area contributed by atoms with Gasteiger partial charge in [-0.15, -0.1) is 0 Å². The van der Waals surface area contributed by atoms with E-state index in [2.05, 4.69) is 26.1 Å². The lowest BCUT2D eigenvalue weighted by atomic mass is 9.79. The van der Waals surface area contributed by atoms with Gasteiger partial charge in [0.25, 0.3) is 0 Å². The largest absolute Gasteiger partial charge is 0.316 e. The van der Waals surface area contributed by atoms with E-state index in [-0.39, 0.29) is 0 Å². The van der Waals surface area contributed by atoms with Gasteiger partial charge >= 0.3 is 0 Å². The number of rotatable bonds is 6. The van der Waals surface area contributed by atoms with Gasteiger partial charge in [0.05, 0.1) is 5.25 Å². The normalized spacial score (nSPS) is 31.7. The zero-order valence-corrected chi connectivity index (χ0v) is 12.7. The third kappa shape index (κ3) is 4.36. The van der Waals surface area contributed by atoms with Crippen molar-refractivity contribution in [1.82, 2.24) is 5.32 Å².